The molecule has 1 saturated carbocycles. The maximum atomic E-state index is 12.3. The van der Waals surface area contributed by atoms with Gasteiger partial charge in [0, 0.05) is 25.0 Å². The highest BCUT2D eigenvalue weighted by Crippen LogP contribution is 2.37. The van der Waals surface area contributed by atoms with Gasteiger partial charge < -0.3 is 9.88 Å². The van der Waals surface area contributed by atoms with Crippen LogP contribution in [0.5, 0.6) is 0 Å². The molecule has 1 heterocycles. The zero-order valence-corrected chi connectivity index (χ0v) is 12.4. The Morgan fingerprint density at radius 2 is 2.26 bits per heavy atom. The molecule has 1 unspecified atom stereocenters. The molecule has 0 bridgehead atoms. The van der Waals surface area contributed by atoms with Crippen LogP contribution >= 0.6 is 0 Å². The predicted octanol–water partition coefficient (Wildman–Crippen LogP) is 2.89. The van der Waals surface area contributed by atoms with E-state index in [2.05, 4.69) is 38.0 Å². The zero-order chi connectivity index (χ0) is 14.0. The van der Waals surface area contributed by atoms with Gasteiger partial charge in [0.25, 0.3) is 5.56 Å². The lowest BCUT2D eigenvalue weighted by Gasteiger charge is -2.18. The molecule has 0 aromatic carbocycles. The summed E-state index contributed by atoms with van der Waals surface area (Å²) in [6.45, 7) is 9.53. The average Bonchev–Trinajstić information content (AvgIpc) is 2.63. The summed E-state index contributed by atoms with van der Waals surface area (Å²) < 4.78 is 1.75. The van der Waals surface area contributed by atoms with Crippen molar-refractivity contribution in [3.8, 4) is 0 Å². The van der Waals surface area contributed by atoms with E-state index in [1.165, 1.54) is 6.42 Å². The molecule has 0 saturated heterocycles. The van der Waals surface area contributed by atoms with Crippen molar-refractivity contribution in [3.63, 3.8) is 0 Å². The summed E-state index contributed by atoms with van der Waals surface area (Å²) in [7, 11) is 0. The normalized spacial score (nSPS) is 21.8. The fourth-order valence-electron chi connectivity index (χ4n) is 2.84. The average molecular weight is 263 g/mol. The van der Waals surface area contributed by atoms with Crippen molar-refractivity contribution in [1.29, 1.82) is 0 Å². The third-order valence-electron chi connectivity index (χ3n) is 3.78. The second-order valence-electron chi connectivity index (χ2n) is 6.88. The maximum absolute atomic E-state index is 12.3. The topological polar surface area (TPSA) is 46.9 Å². The molecule has 19 heavy (non-hydrogen) atoms. The van der Waals surface area contributed by atoms with Gasteiger partial charge in [0.1, 0.15) is 0 Å². The minimum Gasteiger partial charge on any atom is -0.363 e. The van der Waals surface area contributed by atoms with Crippen LogP contribution in [0.1, 0.15) is 47.0 Å². The summed E-state index contributed by atoms with van der Waals surface area (Å²) in [5.41, 5.74) is 0.379. The van der Waals surface area contributed by atoms with Crippen molar-refractivity contribution in [2.45, 2.75) is 59.5 Å². The van der Waals surface area contributed by atoms with Crippen molar-refractivity contribution in [2.24, 2.45) is 11.3 Å². The number of aromatic nitrogens is 2. The molecule has 1 aliphatic rings. The van der Waals surface area contributed by atoms with E-state index < -0.39 is 0 Å². The van der Waals surface area contributed by atoms with Gasteiger partial charge in [-0.15, -0.1) is 0 Å². The highest BCUT2D eigenvalue weighted by Gasteiger charge is 2.31. The van der Waals surface area contributed by atoms with Crippen LogP contribution in [0.2, 0.25) is 0 Å². The molecule has 1 aromatic heterocycles. The van der Waals surface area contributed by atoms with Crippen LogP contribution in [-0.4, -0.2) is 15.6 Å². The smallest absolute Gasteiger partial charge is 0.293 e. The lowest BCUT2D eigenvalue weighted by Crippen LogP contribution is -2.29. The first-order chi connectivity index (χ1) is 8.87. The van der Waals surface area contributed by atoms with E-state index in [0.717, 1.165) is 19.4 Å². The molecule has 0 radical (unpaired) electrons. The second-order valence-corrected chi connectivity index (χ2v) is 6.88. The summed E-state index contributed by atoms with van der Waals surface area (Å²) in [5.74, 6) is 0.962. The summed E-state index contributed by atoms with van der Waals surface area (Å²) in [5, 5.41) is 3.33. The van der Waals surface area contributed by atoms with Gasteiger partial charge in [0.05, 0.1) is 0 Å². The Labute approximate surface area is 115 Å². The number of nitrogens with zero attached hydrogens (tertiary/aromatic N) is 2. The van der Waals surface area contributed by atoms with Gasteiger partial charge in [0.15, 0.2) is 5.82 Å². The first kappa shape index (κ1) is 14.1. The molecule has 0 amide bonds. The maximum Gasteiger partial charge on any atom is 0.293 e. The first-order valence-corrected chi connectivity index (χ1v) is 7.19. The Kier molecular flexibility index (Phi) is 3.97. The molecule has 0 aliphatic heterocycles. The van der Waals surface area contributed by atoms with Crippen molar-refractivity contribution in [3.05, 3.63) is 22.7 Å². The molecule has 1 aliphatic carbocycles. The Hall–Kier alpha value is -1.32. The summed E-state index contributed by atoms with van der Waals surface area (Å²) in [4.78, 5) is 16.5. The Bertz CT molecular complexity index is 490. The SMILES string of the molecule is CC(C)Cn1ccnc(NC2CCC(C)(C)C2)c1=O. The molecule has 1 N–H and O–H groups in total. The Morgan fingerprint density at radius 1 is 1.53 bits per heavy atom. The molecule has 2 rings (SSSR count). The van der Waals surface area contributed by atoms with Crippen molar-refractivity contribution in [2.75, 3.05) is 5.32 Å². The second kappa shape index (κ2) is 5.35. The van der Waals surface area contributed by atoms with E-state index in [0.29, 0.717) is 23.2 Å². The third kappa shape index (κ3) is 3.58. The molecule has 106 valence electrons. The number of rotatable bonds is 4. The van der Waals surface area contributed by atoms with Crippen molar-refractivity contribution < 1.29 is 0 Å². The van der Waals surface area contributed by atoms with Gasteiger partial charge in [-0.25, -0.2) is 4.98 Å². The van der Waals surface area contributed by atoms with Crippen molar-refractivity contribution in [1.82, 2.24) is 9.55 Å². The minimum atomic E-state index is 0.000839. The third-order valence-corrected chi connectivity index (χ3v) is 3.78. The number of hydrogen-bond acceptors (Lipinski definition) is 3. The quantitative estimate of drug-likeness (QED) is 0.908. The molecule has 4 nitrogen and oxygen atoms in total. The van der Waals surface area contributed by atoms with E-state index in [-0.39, 0.29) is 5.56 Å². The van der Waals surface area contributed by atoms with Crippen LogP contribution in [0.25, 0.3) is 0 Å². The van der Waals surface area contributed by atoms with Crippen molar-refractivity contribution >= 4 is 5.82 Å². The van der Waals surface area contributed by atoms with Gasteiger partial charge in [-0.3, -0.25) is 4.79 Å². The molecule has 1 fully saturated rings. The van der Waals surface area contributed by atoms with Gasteiger partial charge >= 0.3 is 0 Å². The van der Waals surface area contributed by atoms with Gasteiger partial charge in [0.2, 0.25) is 0 Å². The fraction of sp³-hybridized carbons (Fsp3) is 0.733. The summed E-state index contributed by atoms with van der Waals surface area (Å²) >= 11 is 0. The van der Waals surface area contributed by atoms with E-state index in [1.807, 2.05) is 0 Å². The highest BCUT2D eigenvalue weighted by atomic mass is 16.1. The van der Waals surface area contributed by atoms with E-state index in [1.54, 1.807) is 17.0 Å². The number of anilines is 1. The van der Waals surface area contributed by atoms with Crippen LogP contribution < -0.4 is 10.9 Å². The highest BCUT2D eigenvalue weighted by molar-refractivity contribution is 5.32. The largest absolute Gasteiger partial charge is 0.363 e. The molecular weight excluding hydrogens is 238 g/mol. The van der Waals surface area contributed by atoms with E-state index in [9.17, 15) is 4.79 Å². The first-order valence-electron chi connectivity index (χ1n) is 7.19. The Balaban J connectivity index is 2.11. The zero-order valence-electron chi connectivity index (χ0n) is 12.4. The van der Waals surface area contributed by atoms with Gasteiger partial charge in [-0.2, -0.15) is 0 Å². The molecule has 1 atom stereocenters. The van der Waals surface area contributed by atoms with Crippen LogP contribution in [0.4, 0.5) is 5.82 Å². The van der Waals surface area contributed by atoms with E-state index in [4.69, 9.17) is 0 Å². The van der Waals surface area contributed by atoms with Gasteiger partial charge in [-0.1, -0.05) is 27.7 Å². The standard InChI is InChI=1S/C15H25N3O/c1-11(2)10-18-8-7-16-13(14(18)19)17-12-5-6-15(3,4)9-12/h7-8,11-12H,5-6,9-10H2,1-4H3,(H,16,17). The monoisotopic (exact) mass is 263 g/mol. The van der Waals surface area contributed by atoms with Crippen LogP contribution in [-0.2, 0) is 6.54 Å². The predicted molar refractivity (Wildman–Crippen MR) is 78.4 cm³/mol. The van der Waals surface area contributed by atoms with Crippen LogP contribution in [0.3, 0.4) is 0 Å². The van der Waals surface area contributed by atoms with Crippen LogP contribution in [0, 0.1) is 11.3 Å². The lowest BCUT2D eigenvalue weighted by atomic mass is 9.92. The number of hydrogen-bond donors (Lipinski definition) is 1. The van der Waals surface area contributed by atoms with Crippen LogP contribution in [0.15, 0.2) is 17.2 Å². The molecule has 4 heteroatoms. The molecule has 0 spiro atoms. The van der Waals surface area contributed by atoms with Gasteiger partial charge in [-0.05, 0) is 30.6 Å². The summed E-state index contributed by atoms with van der Waals surface area (Å²) in [6, 6.07) is 0.380. The summed E-state index contributed by atoms with van der Waals surface area (Å²) in [6.07, 6.45) is 6.91. The minimum absolute atomic E-state index is 0.000839. The lowest BCUT2D eigenvalue weighted by molar-refractivity contribution is 0.378. The fourth-order valence-corrected chi connectivity index (χ4v) is 2.84. The Morgan fingerprint density at radius 3 is 2.84 bits per heavy atom. The molecular formula is C15H25N3O. The number of nitrogens with one attached hydrogen (secondary N) is 1. The molecule has 1 aromatic rings. The van der Waals surface area contributed by atoms with E-state index >= 15 is 0 Å².